The summed E-state index contributed by atoms with van der Waals surface area (Å²) in [6.07, 6.45) is 1.85. The van der Waals surface area contributed by atoms with Crippen molar-refractivity contribution in [2.75, 3.05) is 33.4 Å². The maximum Gasteiger partial charge on any atom is 0.240 e. The summed E-state index contributed by atoms with van der Waals surface area (Å²) in [5.74, 6) is 0.630. The minimum absolute atomic E-state index is 0. The van der Waals surface area contributed by atoms with Gasteiger partial charge in [0, 0.05) is 19.7 Å². The Morgan fingerprint density at radius 3 is 2.59 bits per heavy atom. The Labute approximate surface area is 138 Å². The molecule has 0 saturated carbocycles. The molecule has 1 aromatic carbocycles. The van der Waals surface area contributed by atoms with Crippen molar-refractivity contribution in [3.8, 4) is 5.75 Å². The summed E-state index contributed by atoms with van der Waals surface area (Å²) in [4.78, 5) is 0.257. The first-order valence-corrected chi connectivity index (χ1v) is 8.55. The molecule has 0 aliphatic carbocycles. The summed E-state index contributed by atoms with van der Waals surface area (Å²) in [5, 5.41) is 3.19. The van der Waals surface area contributed by atoms with E-state index in [9.17, 15) is 8.42 Å². The van der Waals surface area contributed by atoms with Gasteiger partial charge in [-0.3, -0.25) is 0 Å². The number of methoxy groups -OCH3 is 1. The zero-order valence-corrected chi connectivity index (χ0v) is 14.2. The number of hydrogen-bond acceptors (Lipinski definition) is 5. The van der Waals surface area contributed by atoms with E-state index in [-0.39, 0.29) is 23.3 Å². The van der Waals surface area contributed by atoms with Crippen LogP contribution in [0.3, 0.4) is 0 Å². The van der Waals surface area contributed by atoms with E-state index in [1.165, 1.54) is 0 Å². The smallest absolute Gasteiger partial charge is 0.240 e. The predicted octanol–water partition coefficient (Wildman–Crippen LogP) is 1.16. The van der Waals surface area contributed by atoms with Gasteiger partial charge < -0.3 is 14.8 Å². The van der Waals surface area contributed by atoms with Crippen LogP contribution in [0.25, 0.3) is 0 Å². The number of nitrogens with one attached hydrogen (secondary N) is 2. The molecule has 1 saturated heterocycles. The molecule has 2 N–H and O–H groups in total. The van der Waals surface area contributed by atoms with Gasteiger partial charge in [0.25, 0.3) is 0 Å². The molecule has 1 fully saturated rings. The average Bonchev–Trinajstić information content (AvgIpc) is 2.49. The lowest BCUT2D eigenvalue weighted by Crippen LogP contribution is -2.45. The minimum Gasteiger partial charge on any atom is -0.491 e. The Bertz CT molecular complexity index is 530. The van der Waals surface area contributed by atoms with Gasteiger partial charge in [0.05, 0.1) is 11.5 Å². The third kappa shape index (κ3) is 5.73. The van der Waals surface area contributed by atoms with Crippen LogP contribution in [0, 0.1) is 0 Å². The lowest BCUT2D eigenvalue weighted by atomic mass is 10.1. The minimum atomic E-state index is -3.47. The van der Waals surface area contributed by atoms with Crippen molar-refractivity contribution >= 4 is 22.4 Å². The Hall–Kier alpha value is -0.860. The van der Waals surface area contributed by atoms with Gasteiger partial charge in [-0.15, -0.1) is 12.4 Å². The fourth-order valence-electron chi connectivity index (χ4n) is 2.20. The number of halogens is 1. The molecular formula is C14H23ClN2O4S. The van der Waals surface area contributed by atoms with E-state index in [0.29, 0.717) is 25.5 Å². The molecule has 8 heteroatoms. The molecule has 1 aromatic rings. The summed E-state index contributed by atoms with van der Waals surface area (Å²) >= 11 is 0. The molecule has 0 bridgehead atoms. The lowest BCUT2D eigenvalue weighted by Gasteiger charge is -2.23. The molecule has 2 rings (SSSR count). The van der Waals surface area contributed by atoms with Gasteiger partial charge in [-0.05, 0) is 43.7 Å². The van der Waals surface area contributed by atoms with E-state index in [0.717, 1.165) is 19.4 Å². The van der Waals surface area contributed by atoms with Crippen LogP contribution < -0.4 is 14.8 Å². The zero-order valence-electron chi connectivity index (χ0n) is 12.6. The highest BCUT2D eigenvalue weighted by Gasteiger charge is 2.21. The zero-order chi connectivity index (χ0) is 15.1. The van der Waals surface area contributed by atoms with Crippen LogP contribution in [0.2, 0.25) is 0 Å². The maximum atomic E-state index is 12.3. The van der Waals surface area contributed by atoms with Crippen LogP contribution in [0.15, 0.2) is 29.2 Å². The number of hydrogen-bond donors (Lipinski definition) is 2. The highest BCUT2D eigenvalue weighted by Crippen LogP contribution is 2.17. The molecule has 1 aliphatic rings. The van der Waals surface area contributed by atoms with Crippen LogP contribution >= 0.6 is 12.4 Å². The summed E-state index contributed by atoms with van der Waals surface area (Å²) in [6, 6.07) is 6.38. The fraction of sp³-hybridized carbons (Fsp3) is 0.571. The van der Waals surface area contributed by atoms with Gasteiger partial charge in [-0.25, -0.2) is 13.1 Å². The number of benzene rings is 1. The van der Waals surface area contributed by atoms with Crippen molar-refractivity contribution in [2.24, 2.45) is 0 Å². The number of ether oxygens (including phenoxy) is 2. The Morgan fingerprint density at radius 1 is 1.27 bits per heavy atom. The summed E-state index contributed by atoms with van der Waals surface area (Å²) < 4.78 is 37.6. The van der Waals surface area contributed by atoms with E-state index in [4.69, 9.17) is 9.47 Å². The van der Waals surface area contributed by atoms with E-state index < -0.39 is 10.0 Å². The van der Waals surface area contributed by atoms with Gasteiger partial charge >= 0.3 is 0 Å². The molecular weight excluding hydrogens is 328 g/mol. The predicted molar refractivity (Wildman–Crippen MR) is 87.3 cm³/mol. The maximum absolute atomic E-state index is 12.3. The molecule has 0 unspecified atom stereocenters. The van der Waals surface area contributed by atoms with Gasteiger partial charge in [-0.1, -0.05) is 0 Å². The average molecular weight is 351 g/mol. The first kappa shape index (κ1) is 19.2. The lowest BCUT2D eigenvalue weighted by molar-refractivity contribution is 0.146. The van der Waals surface area contributed by atoms with Crippen molar-refractivity contribution in [1.82, 2.24) is 10.0 Å². The first-order valence-electron chi connectivity index (χ1n) is 7.06. The van der Waals surface area contributed by atoms with Gasteiger partial charge in [0.1, 0.15) is 12.4 Å². The van der Waals surface area contributed by atoms with Crippen molar-refractivity contribution < 1.29 is 17.9 Å². The van der Waals surface area contributed by atoms with E-state index in [1.54, 1.807) is 31.4 Å². The molecule has 1 heterocycles. The highest BCUT2D eigenvalue weighted by molar-refractivity contribution is 7.89. The first-order chi connectivity index (χ1) is 10.1. The molecule has 0 spiro atoms. The van der Waals surface area contributed by atoms with Crippen LogP contribution in [0.1, 0.15) is 12.8 Å². The fourth-order valence-corrected chi connectivity index (χ4v) is 3.47. The monoisotopic (exact) mass is 350 g/mol. The van der Waals surface area contributed by atoms with Gasteiger partial charge in [0.15, 0.2) is 0 Å². The normalized spacial score (nSPS) is 18.5. The standard InChI is InChI=1S/C14H22N2O4S.ClH/c1-19-9-10-20-13-4-6-14(7-5-13)21(17,18)16-12-3-2-8-15-11-12;/h4-7,12,15-16H,2-3,8-11H2,1H3;1H/t12-;/m1./s1. The molecule has 126 valence electrons. The second-order valence-corrected chi connectivity index (χ2v) is 6.69. The van der Waals surface area contributed by atoms with Crippen molar-refractivity contribution in [1.29, 1.82) is 0 Å². The molecule has 6 nitrogen and oxygen atoms in total. The van der Waals surface area contributed by atoms with E-state index in [1.807, 2.05) is 0 Å². The Morgan fingerprint density at radius 2 is 2.00 bits per heavy atom. The Balaban J connectivity index is 0.00000242. The molecule has 0 radical (unpaired) electrons. The molecule has 22 heavy (non-hydrogen) atoms. The van der Waals surface area contributed by atoms with Crippen LogP contribution in [0.5, 0.6) is 5.75 Å². The largest absolute Gasteiger partial charge is 0.491 e. The van der Waals surface area contributed by atoms with Crippen LogP contribution in [-0.2, 0) is 14.8 Å². The van der Waals surface area contributed by atoms with E-state index >= 15 is 0 Å². The third-order valence-electron chi connectivity index (χ3n) is 3.31. The second-order valence-electron chi connectivity index (χ2n) is 4.98. The quantitative estimate of drug-likeness (QED) is 0.722. The van der Waals surface area contributed by atoms with Crippen LogP contribution in [0.4, 0.5) is 0 Å². The number of rotatable bonds is 7. The van der Waals surface area contributed by atoms with E-state index in [2.05, 4.69) is 10.0 Å². The summed E-state index contributed by atoms with van der Waals surface area (Å²) in [7, 11) is -1.87. The number of sulfonamides is 1. The van der Waals surface area contributed by atoms with Crippen LogP contribution in [-0.4, -0.2) is 47.9 Å². The van der Waals surface area contributed by atoms with Gasteiger partial charge in [0.2, 0.25) is 10.0 Å². The second kappa shape index (κ2) is 9.32. The summed E-state index contributed by atoms with van der Waals surface area (Å²) in [6.45, 7) is 2.56. The number of piperidine rings is 1. The topological polar surface area (TPSA) is 76.7 Å². The summed E-state index contributed by atoms with van der Waals surface area (Å²) in [5.41, 5.74) is 0. The molecule has 1 aliphatic heterocycles. The molecule has 1 atom stereocenters. The van der Waals surface area contributed by atoms with Crippen molar-refractivity contribution in [3.63, 3.8) is 0 Å². The van der Waals surface area contributed by atoms with Crippen molar-refractivity contribution in [3.05, 3.63) is 24.3 Å². The van der Waals surface area contributed by atoms with Crippen molar-refractivity contribution in [2.45, 2.75) is 23.8 Å². The van der Waals surface area contributed by atoms with Gasteiger partial charge in [-0.2, -0.15) is 0 Å². The molecule has 0 aromatic heterocycles. The third-order valence-corrected chi connectivity index (χ3v) is 4.85. The SMILES string of the molecule is COCCOc1ccc(S(=O)(=O)N[C@@H]2CCCNC2)cc1.Cl. The Kier molecular flexibility index (Phi) is 8.13. The molecule has 0 amide bonds. The highest BCUT2D eigenvalue weighted by atomic mass is 35.5.